The molecule has 5 heteroatoms. The van der Waals surface area contributed by atoms with E-state index in [9.17, 15) is 9.59 Å². The minimum atomic E-state index is -0.765. The van der Waals surface area contributed by atoms with Gasteiger partial charge in [0.05, 0.1) is 11.3 Å². The van der Waals surface area contributed by atoms with Crippen LogP contribution >= 0.6 is 11.6 Å². The van der Waals surface area contributed by atoms with Gasteiger partial charge in [-0.15, -0.1) is 0 Å². The molecule has 0 saturated carbocycles. The number of benzene rings is 2. The van der Waals surface area contributed by atoms with Gasteiger partial charge in [0.15, 0.2) is 0 Å². The van der Waals surface area contributed by atoms with E-state index in [1.807, 2.05) is 31.2 Å². The Kier molecular flexibility index (Phi) is 3.62. The maximum atomic E-state index is 12.2. The highest BCUT2D eigenvalue weighted by Gasteiger charge is 2.36. The van der Waals surface area contributed by atoms with Crippen LogP contribution in [0.1, 0.15) is 34.6 Å². The normalized spacial score (nSPS) is 17.0. The minimum Gasteiger partial charge on any atom is -0.433 e. The zero-order valence-electron chi connectivity index (χ0n) is 12.2. The third-order valence-corrected chi connectivity index (χ3v) is 3.83. The summed E-state index contributed by atoms with van der Waals surface area (Å²) in [5, 5.41) is 0.424. The molecule has 22 heavy (non-hydrogen) atoms. The predicted molar refractivity (Wildman–Crippen MR) is 83.9 cm³/mol. The van der Waals surface area contributed by atoms with Crippen molar-refractivity contribution in [2.75, 3.05) is 4.90 Å². The number of nitrogens with zero attached hydrogens (tertiary/aromatic N) is 1. The van der Waals surface area contributed by atoms with E-state index in [-0.39, 0.29) is 5.91 Å². The summed E-state index contributed by atoms with van der Waals surface area (Å²) in [4.78, 5) is 25.8. The molecule has 4 nitrogen and oxygen atoms in total. The average Bonchev–Trinajstić information content (AvgIpc) is 2.48. The zero-order chi connectivity index (χ0) is 15.9. The molecule has 2 aromatic carbocycles. The summed E-state index contributed by atoms with van der Waals surface area (Å²) < 4.78 is 5.48. The highest BCUT2D eigenvalue weighted by molar-refractivity contribution is 6.31. The summed E-state index contributed by atoms with van der Waals surface area (Å²) in [6.07, 6.45) is -0.765. The maximum Gasteiger partial charge on any atom is 0.342 e. The van der Waals surface area contributed by atoms with Crippen molar-refractivity contribution >= 4 is 29.2 Å². The molecule has 2 aromatic rings. The third-order valence-electron chi connectivity index (χ3n) is 3.59. The smallest absolute Gasteiger partial charge is 0.342 e. The molecule has 1 heterocycles. The van der Waals surface area contributed by atoms with E-state index < -0.39 is 12.2 Å². The lowest BCUT2D eigenvalue weighted by Gasteiger charge is -2.35. The summed E-state index contributed by atoms with van der Waals surface area (Å²) in [5.74, 6) is -0.692. The van der Waals surface area contributed by atoms with Gasteiger partial charge in [0.1, 0.15) is 0 Å². The second kappa shape index (κ2) is 5.46. The van der Waals surface area contributed by atoms with E-state index >= 15 is 0 Å². The molecule has 1 aliphatic heterocycles. The highest BCUT2D eigenvalue weighted by Crippen LogP contribution is 2.38. The summed E-state index contributed by atoms with van der Waals surface area (Å²) >= 11 is 5.93. The standard InChI is InChI=1S/C17H14ClNO3/c1-10-3-5-12(6-4-10)16-19(11(2)20)15-8-7-13(18)9-14(15)17(21)22-16/h3-9,16H,1-2H3. The van der Waals surface area contributed by atoms with Crippen LogP contribution in [0.3, 0.4) is 0 Å². The van der Waals surface area contributed by atoms with Gasteiger partial charge in [0.25, 0.3) is 0 Å². The monoisotopic (exact) mass is 315 g/mol. The molecule has 1 unspecified atom stereocenters. The van der Waals surface area contributed by atoms with E-state index in [1.54, 1.807) is 12.1 Å². The molecule has 0 aromatic heterocycles. The van der Waals surface area contributed by atoms with Crippen LogP contribution in [0.2, 0.25) is 5.02 Å². The summed E-state index contributed by atoms with van der Waals surface area (Å²) in [5.41, 5.74) is 2.65. The second-order valence-corrected chi connectivity index (χ2v) is 5.66. The largest absolute Gasteiger partial charge is 0.433 e. The lowest BCUT2D eigenvalue weighted by Crippen LogP contribution is -2.40. The number of anilines is 1. The molecule has 0 bridgehead atoms. The fourth-order valence-electron chi connectivity index (χ4n) is 2.51. The van der Waals surface area contributed by atoms with Crippen LogP contribution in [0.25, 0.3) is 0 Å². The van der Waals surface area contributed by atoms with Gasteiger partial charge in [-0.05, 0) is 25.1 Å². The van der Waals surface area contributed by atoms with Gasteiger partial charge in [0.2, 0.25) is 12.1 Å². The predicted octanol–water partition coefficient (Wildman–Crippen LogP) is 3.87. The van der Waals surface area contributed by atoms with Crippen molar-refractivity contribution < 1.29 is 14.3 Å². The van der Waals surface area contributed by atoms with E-state index in [4.69, 9.17) is 16.3 Å². The number of carbonyl (C=O) groups is 2. The average molecular weight is 316 g/mol. The van der Waals surface area contributed by atoms with Crippen LogP contribution in [0.5, 0.6) is 0 Å². The van der Waals surface area contributed by atoms with Crippen LogP contribution in [0, 0.1) is 6.92 Å². The number of amides is 1. The van der Waals surface area contributed by atoms with Gasteiger partial charge in [-0.2, -0.15) is 0 Å². The number of halogens is 1. The van der Waals surface area contributed by atoms with Gasteiger partial charge in [-0.1, -0.05) is 41.4 Å². The first kappa shape index (κ1) is 14.6. The Morgan fingerprint density at radius 3 is 2.50 bits per heavy atom. The topological polar surface area (TPSA) is 46.6 Å². The van der Waals surface area contributed by atoms with Crippen molar-refractivity contribution in [1.29, 1.82) is 0 Å². The summed E-state index contributed by atoms with van der Waals surface area (Å²) in [7, 11) is 0. The minimum absolute atomic E-state index is 0.207. The molecule has 1 amide bonds. The lowest BCUT2D eigenvalue weighted by molar-refractivity contribution is -0.118. The van der Waals surface area contributed by atoms with E-state index in [1.165, 1.54) is 17.9 Å². The van der Waals surface area contributed by atoms with Crippen molar-refractivity contribution in [1.82, 2.24) is 0 Å². The number of fused-ring (bicyclic) bond motifs is 1. The SMILES string of the molecule is CC(=O)N1c2ccc(Cl)cc2C(=O)OC1c1ccc(C)cc1. The first-order valence-electron chi connectivity index (χ1n) is 6.84. The van der Waals surface area contributed by atoms with E-state index in [2.05, 4.69) is 0 Å². The quantitative estimate of drug-likeness (QED) is 0.750. The third kappa shape index (κ3) is 2.46. The molecule has 0 radical (unpaired) electrons. The molecular weight excluding hydrogens is 302 g/mol. The first-order valence-corrected chi connectivity index (χ1v) is 7.22. The highest BCUT2D eigenvalue weighted by atomic mass is 35.5. The second-order valence-electron chi connectivity index (χ2n) is 5.22. The molecule has 3 rings (SSSR count). The molecule has 0 N–H and O–H groups in total. The molecule has 0 saturated heterocycles. The first-order chi connectivity index (χ1) is 10.5. The number of esters is 1. The van der Waals surface area contributed by atoms with Crippen molar-refractivity contribution in [3.05, 3.63) is 64.2 Å². The van der Waals surface area contributed by atoms with Gasteiger partial charge in [0, 0.05) is 17.5 Å². The molecule has 112 valence electrons. The van der Waals surface area contributed by atoms with Crippen molar-refractivity contribution in [2.24, 2.45) is 0 Å². The summed E-state index contributed by atoms with van der Waals surface area (Å²) in [6, 6.07) is 12.4. The zero-order valence-corrected chi connectivity index (χ0v) is 12.9. The van der Waals surface area contributed by atoms with Gasteiger partial charge >= 0.3 is 5.97 Å². The molecule has 0 spiro atoms. The fourth-order valence-corrected chi connectivity index (χ4v) is 2.68. The number of rotatable bonds is 1. The molecule has 1 aliphatic rings. The van der Waals surface area contributed by atoms with Gasteiger partial charge in [-0.3, -0.25) is 9.69 Å². The number of cyclic esters (lactones) is 1. The van der Waals surface area contributed by atoms with Crippen molar-refractivity contribution in [3.8, 4) is 0 Å². The Hall–Kier alpha value is -2.33. The molecular formula is C17H14ClNO3. The fraction of sp³-hybridized carbons (Fsp3) is 0.176. The number of carbonyl (C=O) groups excluding carboxylic acids is 2. The Morgan fingerprint density at radius 2 is 1.86 bits per heavy atom. The van der Waals surface area contributed by atoms with Crippen LogP contribution in [-0.4, -0.2) is 11.9 Å². The van der Waals surface area contributed by atoms with E-state index in [0.29, 0.717) is 16.3 Å². The Balaban J connectivity index is 2.12. The molecule has 1 atom stereocenters. The van der Waals surface area contributed by atoms with Gasteiger partial charge < -0.3 is 4.74 Å². The van der Waals surface area contributed by atoms with Crippen molar-refractivity contribution in [3.63, 3.8) is 0 Å². The van der Waals surface area contributed by atoms with Crippen molar-refractivity contribution in [2.45, 2.75) is 20.1 Å². The van der Waals surface area contributed by atoms with Crippen LogP contribution < -0.4 is 4.90 Å². The van der Waals surface area contributed by atoms with E-state index in [0.717, 1.165) is 11.1 Å². The van der Waals surface area contributed by atoms with Crippen LogP contribution in [0.4, 0.5) is 5.69 Å². The molecule has 0 aliphatic carbocycles. The summed E-state index contributed by atoms with van der Waals surface area (Å²) in [6.45, 7) is 3.41. The maximum absolute atomic E-state index is 12.2. The van der Waals surface area contributed by atoms with Crippen LogP contribution in [0.15, 0.2) is 42.5 Å². The number of ether oxygens (including phenoxy) is 1. The number of hydrogen-bond donors (Lipinski definition) is 0. The Labute approximate surface area is 133 Å². The number of aryl methyl sites for hydroxylation is 1. The number of hydrogen-bond acceptors (Lipinski definition) is 3. The van der Waals surface area contributed by atoms with Crippen LogP contribution in [-0.2, 0) is 9.53 Å². The van der Waals surface area contributed by atoms with Gasteiger partial charge in [-0.25, -0.2) is 4.79 Å². The molecule has 0 fully saturated rings. The Bertz CT molecular complexity index is 755. The Morgan fingerprint density at radius 1 is 1.18 bits per heavy atom. The lowest BCUT2D eigenvalue weighted by atomic mass is 10.1.